The number of piperazine rings is 1. The molecule has 188 valence electrons. The molecule has 5 rings (SSSR count). The number of ether oxygens (including phenoxy) is 2. The molecule has 10 nitrogen and oxygen atoms in total. The molecule has 2 aromatic carbocycles. The van der Waals surface area contributed by atoms with Gasteiger partial charge in [-0.2, -0.15) is 0 Å². The Bertz CT molecular complexity index is 1540. The quantitative estimate of drug-likeness (QED) is 0.415. The van der Waals surface area contributed by atoms with Gasteiger partial charge in [0.05, 0.1) is 25.5 Å². The highest BCUT2D eigenvalue weighted by Crippen LogP contribution is 2.24. The molecule has 37 heavy (non-hydrogen) atoms. The number of hydrogen-bond donors (Lipinski definition) is 0. The average Bonchev–Trinajstić information content (AvgIpc) is 2.96. The van der Waals surface area contributed by atoms with Crippen LogP contribution in [0.5, 0.6) is 11.5 Å². The first-order chi connectivity index (χ1) is 18.0. The number of nitrogens with zero attached hydrogens (tertiary/aromatic N) is 5. The Morgan fingerprint density at radius 1 is 0.784 bits per heavy atom. The van der Waals surface area contributed by atoms with E-state index in [1.165, 1.54) is 18.8 Å². The maximum atomic E-state index is 13.6. The zero-order chi connectivity index (χ0) is 25.9. The number of benzene rings is 2. The molecule has 0 unspecified atom stereocenters. The van der Waals surface area contributed by atoms with E-state index in [1.807, 2.05) is 0 Å². The first-order valence-corrected chi connectivity index (χ1v) is 11.8. The molecule has 10 heteroatoms. The number of hydrogen-bond acceptors (Lipinski definition) is 7. The summed E-state index contributed by atoms with van der Waals surface area (Å²) in [6.07, 6.45) is 1.56. The standard InChI is InChI=1S/C27H25N5O5/c1-36-21-11-5-3-8-18(21)25(33)30-14-16-31(17-15-30)26(34)23-27(35)32(20-10-4-6-12-22(20)37-2)24-19(29-23)9-7-13-28-24/h3-13H,14-17H2,1-2H3. The topological polar surface area (TPSA) is 107 Å². The zero-order valence-corrected chi connectivity index (χ0v) is 20.5. The van der Waals surface area contributed by atoms with Crippen molar-refractivity contribution in [2.45, 2.75) is 0 Å². The first-order valence-electron chi connectivity index (χ1n) is 11.8. The molecule has 1 fully saturated rings. The predicted molar refractivity (Wildman–Crippen MR) is 136 cm³/mol. The van der Waals surface area contributed by atoms with Crippen molar-refractivity contribution < 1.29 is 19.1 Å². The number of amides is 2. The molecule has 0 radical (unpaired) electrons. The molecular formula is C27H25N5O5. The molecule has 0 atom stereocenters. The molecule has 0 bridgehead atoms. The largest absolute Gasteiger partial charge is 0.496 e. The van der Waals surface area contributed by atoms with Gasteiger partial charge in [-0.15, -0.1) is 0 Å². The van der Waals surface area contributed by atoms with Gasteiger partial charge in [-0.3, -0.25) is 19.0 Å². The summed E-state index contributed by atoms with van der Waals surface area (Å²) in [5.41, 5.74) is 0.849. The van der Waals surface area contributed by atoms with Crippen LogP contribution < -0.4 is 15.0 Å². The minimum absolute atomic E-state index is 0.169. The fraction of sp³-hybridized carbons (Fsp3) is 0.222. The van der Waals surface area contributed by atoms with Gasteiger partial charge in [0, 0.05) is 32.4 Å². The minimum atomic E-state index is -0.590. The van der Waals surface area contributed by atoms with Crippen molar-refractivity contribution in [2.24, 2.45) is 0 Å². The second kappa shape index (κ2) is 10.1. The maximum Gasteiger partial charge on any atom is 0.288 e. The van der Waals surface area contributed by atoms with Crippen LogP contribution in [0.4, 0.5) is 0 Å². The van der Waals surface area contributed by atoms with Gasteiger partial charge in [0.2, 0.25) is 0 Å². The highest BCUT2D eigenvalue weighted by Gasteiger charge is 2.30. The SMILES string of the molecule is COc1ccccc1C(=O)N1CCN(C(=O)c2nc3cccnc3n(-c3ccccc3OC)c2=O)CC1. The number of pyridine rings is 1. The van der Waals surface area contributed by atoms with Crippen molar-refractivity contribution in [3.8, 4) is 17.2 Å². The number of carbonyl (C=O) groups excluding carboxylic acids is 2. The molecule has 1 saturated heterocycles. The number of rotatable bonds is 5. The lowest BCUT2D eigenvalue weighted by molar-refractivity contribution is 0.0529. The molecule has 0 aliphatic carbocycles. The number of aromatic nitrogens is 3. The molecule has 3 heterocycles. The number of fused-ring (bicyclic) bond motifs is 1. The maximum absolute atomic E-state index is 13.6. The lowest BCUT2D eigenvalue weighted by Gasteiger charge is -2.34. The third-order valence-electron chi connectivity index (χ3n) is 6.34. The van der Waals surface area contributed by atoms with Crippen LogP contribution in [0.3, 0.4) is 0 Å². The van der Waals surface area contributed by atoms with E-state index in [0.717, 1.165) is 0 Å². The first kappa shape index (κ1) is 24.0. The van der Waals surface area contributed by atoms with Gasteiger partial charge in [0.1, 0.15) is 17.0 Å². The van der Waals surface area contributed by atoms with Crippen LogP contribution in [0.2, 0.25) is 0 Å². The van der Waals surface area contributed by atoms with Crippen LogP contribution in [0.1, 0.15) is 20.8 Å². The van der Waals surface area contributed by atoms with E-state index >= 15 is 0 Å². The van der Waals surface area contributed by atoms with Crippen LogP contribution >= 0.6 is 0 Å². The summed E-state index contributed by atoms with van der Waals surface area (Å²) in [5, 5.41) is 0. The van der Waals surface area contributed by atoms with Crippen LogP contribution in [0, 0.1) is 0 Å². The Morgan fingerprint density at radius 3 is 2.11 bits per heavy atom. The smallest absolute Gasteiger partial charge is 0.288 e. The monoisotopic (exact) mass is 499 g/mol. The van der Waals surface area contributed by atoms with E-state index in [0.29, 0.717) is 47.0 Å². The third-order valence-corrected chi connectivity index (χ3v) is 6.34. The molecule has 2 amide bonds. The highest BCUT2D eigenvalue weighted by molar-refractivity contribution is 5.97. The molecular weight excluding hydrogens is 474 g/mol. The van der Waals surface area contributed by atoms with Gasteiger partial charge >= 0.3 is 0 Å². The summed E-state index contributed by atoms with van der Waals surface area (Å²) >= 11 is 0. The highest BCUT2D eigenvalue weighted by atomic mass is 16.5. The Hall–Kier alpha value is -4.73. The lowest BCUT2D eigenvalue weighted by atomic mass is 10.1. The van der Waals surface area contributed by atoms with Gasteiger partial charge in [-0.25, -0.2) is 9.97 Å². The molecule has 0 spiro atoms. The molecule has 0 N–H and O–H groups in total. The summed E-state index contributed by atoms with van der Waals surface area (Å²) in [5.74, 6) is 0.295. The Kier molecular flexibility index (Phi) is 6.55. The van der Waals surface area contributed by atoms with E-state index in [1.54, 1.807) is 76.7 Å². The van der Waals surface area contributed by atoms with Crippen LogP contribution in [-0.2, 0) is 0 Å². The lowest BCUT2D eigenvalue weighted by Crippen LogP contribution is -2.51. The van der Waals surface area contributed by atoms with Crippen molar-refractivity contribution >= 4 is 23.0 Å². The van der Waals surface area contributed by atoms with Crippen molar-refractivity contribution in [3.05, 3.63) is 88.5 Å². The van der Waals surface area contributed by atoms with Crippen LogP contribution in [0.15, 0.2) is 71.7 Å². The van der Waals surface area contributed by atoms with Gasteiger partial charge < -0.3 is 19.3 Å². The molecule has 1 aliphatic heterocycles. The van der Waals surface area contributed by atoms with E-state index in [9.17, 15) is 14.4 Å². The number of carbonyl (C=O) groups is 2. The van der Waals surface area contributed by atoms with Crippen LogP contribution in [0.25, 0.3) is 16.9 Å². The van der Waals surface area contributed by atoms with E-state index in [-0.39, 0.29) is 24.7 Å². The minimum Gasteiger partial charge on any atom is -0.496 e. The summed E-state index contributed by atoms with van der Waals surface area (Å²) in [4.78, 5) is 52.2. The second-order valence-corrected chi connectivity index (χ2v) is 8.40. The molecule has 0 saturated carbocycles. The van der Waals surface area contributed by atoms with Gasteiger partial charge in [0.25, 0.3) is 17.4 Å². The fourth-order valence-electron chi connectivity index (χ4n) is 4.45. The van der Waals surface area contributed by atoms with Crippen molar-refractivity contribution in [1.82, 2.24) is 24.3 Å². The van der Waals surface area contributed by atoms with Crippen molar-refractivity contribution in [1.29, 1.82) is 0 Å². The fourth-order valence-corrected chi connectivity index (χ4v) is 4.45. The van der Waals surface area contributed by atoms with Gasteiger partial charge in [0.15, 0.2) is 11.3 Å². The molecule has 2 aromatic heterocycles. The predicted octanol–water partition coefficient (Wildman–Crippen LogP) is 2.40. The van der Waals surface area contributed by atoms with Crippen molar-refractivity contribution in [3.63, 3.8) is 0 Å². The van der Waals surface area contributed by atoms with E-state index < -0.39 is 11.5 Å². The third kappa shape index (κ3) is 4.37. The number of methoxy groups -OCH3 is 2. The van der Waals surface area contributed by atoms with Gasteiger partial charge in [-0.1, -0.05) is 24.3 Å². The van der Waals surface area contributed by atoms with Crippen molar-refractivity contribution in [2.75, 3.05) is 40.4 Å². The summed E-state index contributed by atoms with van der Waals surface area (Å²) < 4.78 is 12.1. The Labute approximate surface area is 212 Å². The number of para-hydroxylation sites is 3. The van der Waals surface area contributed by atoms with E-state index in [2.05, 4.69) is 9.97 Å². The van der Waals surface area contributed by atoms with Crippen LogP contribution in [-0.4, -0.2) is 76.5 Å². The summed E-state index contributed by atoms with van der Waals surface area (Å²) in [7, 11) is 3.03. The molecule has 1 aliphatic rings. The summed E-state index contributed by atoms with van der Waals surface area (Å²) in [6, 6.07) is 17.5. The normalized spacial score (nSPS) is 13.5. The summed E-state index contributed by atoms with van der Waals surface area (Å²) in [6.45, 7) is 1.16. The van der Waals surface area contributed by atoms with E-state index in [4.69, 9.17) is 9.47 Å². The van der Waals surface area contributed by atoms with Gasteiger partial charge in [-0.05, 0) is 36.4 Å². The second-order valence-electron chi connectivity index (χ2n) is 8.40. The Balaban J connectivity index is 1.45. The average molecular weight is 500 g/mol. The molecule has 4 aromatic rings. The zero-order valence-electron chi connectivity index (χ0n) is 20.5. The Morgan fingerprint density at radius 2 is 1.41 bits per heavy atom.